The second-order valence-electron chi connectivity index (χ2n) is 4.32. The van der Waals surface area contributed by atoms with E-state index in [0.29, 0.717) is 11.3 Å². The van der Waals surface area contributed by atoms with Crippen molar-refractivity contribution in [1.82, 2.24) is 0 Å². The number of hydrogen-bond acceptors (Lipinski definition) is 5. The van der Waals surface area contributed by atoms with Gasteiger partial charge in [-0.1, -0.05) is 24.3 Å². The van der Waals surface area contributed by atoms with E-state index in [1.54, 1.807) is 24.3 Å². The summed E-state index contributed by atoms with van der Waals surface area (Å²) < 4.78 is 5.33. The van der Waals surface area contributed by atoms with Crippen molar-refractivity contribution in [2.24, 2.45) is 0 Å². The Kier molecular flexibility index (Phi) is 4.63. The number of rotatable bonds is 6. The highest BCUT2D eigenvalue weighted by molar-refractivity contribution is 5.97. The normalized spacial score (nSPS) is 10.1. The number of benzene rings is 2. The Morgan fingerprint density at radius 1 is 1.19 bits per heavy atom. The largest absolute Gasteiger partial charge is 0.485 e. The molecule has 0 heterocycles. The minimum absolute atomic E-state index is 0.115. The van der Waals surface area contributed by atoms with Crippen molar-refractivity contribution < 1.29 is 19.6 Å². The molecule has 0 unspecified atom stereocenters. The zero-order chi connectivity index (χ0) is 15.2. The molecule has 2 rings (SSSR count). The first kappa shape index (κ1) is 14.7. The lowest BCUT2D eigenvalue weighted by Crippen LogP contribution is -2.11. The maximum atomic E-state index is 12.0. The average Bonchev–Trinajstić information content (AvgIpc) is 2.53. The number of nitrogens with zero attached hydrogens (tertiary/aromatic N) is 1. The van der Waals surface area contributed by atoms with Crippen molar-refractivity contribution in [2.45, 2.75) is 6.61 Å². The molecule has 21 heavy (non-hydrogen) atoms. The van der Waals surface area contributed by atoms with Gasteiger partial charge in [0.05, 0.1) is 11.5 Å². The van der Waals surface area contributed by atoms with Crippen LogP contribution in [0.4, 0.5) is 5.69 Å². The summed E-state index contributed by atoms with van der Waals surface area (Å²) >= 11 is 0. The van der Waals surface area contributed by atoms with Gasteiger partial charge in [0.2, 0.25) is 0 Å². The predicted octanol–water partition coefficient (Wildman–Crippen LogP) is 2.35. The number of hydrogen-bond donors (Lipinski definition) is 1. The minimum Gasteiger partial charge on any atom is -0.485 e. The molecule has 6 nitrogen and oxygen atoms in total. The van der Waals surface area contributed by atoms with Crippen LogP contribution in [0, 0.1) is 10.1 Å². The summed E-state index contributed by atoms with van der Waals surface area (Å²) in [5.41, 5.74) is 0.765. The number of nitro groups is 1. The lowest BCUT2D eigenvalue weighted by molar-refractivity contribution is -0.384. The zero-order valence-corrected chi connectivity index (χ0v) is 11.1. The minimum atomic E-state index is -0.553. The molecule has 0 aliphatic carbocycles. The van der Waals surface area contributed by atoms with Crippen molar-refractivity contribution >= 4 is 11.5 Å². The van der Waals surface area contributed by atoms with E-state index in [1.165, 1.54) is 24.3 Å². The van der Waals surface area contributed by atoms with E-state index in [-0.39, 0.29) is 30.2 Å². The molecule has 2 aromatic carbocycles. The molecule has 0 radical (unpaired) electrons. The second-order valence-corrected chi connectivity index (χ2v) is 4.32. The number of aliphatic hydroxyl groups is 1. The third-order valence-corrected chi connectivity index (χ3v) is 2.83. The van der Waals surface area contributed by atoms with E-state index < -0.39 is 4.92 Å². The van der Waals surface area contributed by atoms with Crippen molar-refractivity contribution in [3.8, 4) is 5.75 Å². The first-order valence-corrected chi connectivity index (χ1v) is 6.20. The fourth-order valence-corrected chi connectivity index (χ4v) is 1.76. The quantitative estimate of drug-likeness (QED) is 0.500. The van der Waals surface area contributed by atoms with Crippen LogP contribution < -0.4 is 4.74 Å². The molecule has 0 aromatic heterocycles. The highest BCUT2D eigenvalue weighted by Crippen LogP contribution is 2.16. The van der Waals surface area contributed by atoms with Gasteiger partial charge in [-0.2, -0.15) is 0 Å². The molecular weight excluding hydrogens is 274 g/mol. The van der Waals surface area contributed by atoms with Crippen LogP contribution in [0.15, 0.2) is 48.5 Å². The summed E-state index contributed by atoms with van der Waals surface area (Å²) in [5, 5.41) is 19.7. The lowest BCUT2D eigenvalue weighted by Gasteiger charge is -2.06. The Morgan fingerprint density at radius 3 is 2.67 bits per heavy atom. The van der Waals surface area contributed by atoms with Gasteiger partial charge in [0.15, 0.2) is 12.4 Å². The topological polar surface area (TPSA) is 89.7 Å². The molecule has 0 fully saturated rings. The Balaban J connectivity index is 2.04. The highest BCUT2D eigenvalue weighted by atomic mass is 16.6. The van der Waals surface area contributed by atoms with E-state index in [4.69, 9.17) is 9.84 Å². The lowest BCUT2D eigenvalue weighted by atomic mass is 10.1. The molecule has 0 saturated heterocycles. The fourth-order valence-electron chi connectivity index (χ4n) is 1.76. The average molecular weight is 287 g/mol. The third-order valence-electron chi connectivity index (χ3n) is 2.83. The zero-order valence-electron chi connectivity index (χ0n) is 11.1. The van der Waals surface area contributed by atoms with Gasteiger partial charge in [-0.15, -0.1) is 0 Å². The predicted molar refractivity (Wildman–Crippen MR) is 75.3 cm³/mol. The van der Waals surface area contributed by atoms with Crippen molar-refractivity contribution in [2.75, 3.05) is 6.61 Å². The molecule has 0 saturated carbocycles. The first-order chi connectivity index (χ1) is 10.1. The van der Waals surface area contributed by atoms with Crippen LogP contribution in [-0.2, 0) is 6.61 Å². The van der Waals surface area contributed by atoms with Crippen LogP contribution in [0.5, 0.6) is 5.75 Å². The number of nitro benzene ring substituents is 1. The number of Topliss-reactive ketones (excluding diaryl/α,β-unsaturated/α-hetero) is 1. The first-order valence-electron chi connectivity index (χ1n) is 6.20. The number of ketones is 1. The summed E-state index contributed by atoms with van der Waals surface area (Å²) in [5.74, 6) is 0.105. The number of carbonyl (C=O) groups excluding carboxylic acids is 1. The number of non-ortho nitro benzene ring substituents is 1. The van der Waals surface area contributed by atoms with Gasteiger partial charge in [0, 0.05) is 17.7 Å². The smallest absolute Gasteiger partial charge is 0.270 e. The monoisotopic (exact) mass is 287 g/mol. The fraction of sp³-hybridized carbons (Fsp3) is 0.133. The van der Waals surface area contributed by atoms with Crippen LogP contribution in [0.25, 0.3) is 0 Å². The van der Waals surface area contributed by atoms with Crippen molar-refractivity contribution in [3.63, 3.8) is 0 Å². The molecular formula is C15H13NO5. The van der Waals surface area contributed by atoms with Gasteiger partial charge in [-0.05, 0) is 17.7 Å². The van der Waals surface area contributed by atoms with Gasteiger partial charge in [0.1, 0.15) is 5.75 Å². The maximum absolute atomic E-state index is 12.0. The Hall–Kier alpha value is -2.73. The summed E-state index contributed by atoms with van der Waals surface area (Å²) in [6, 6.07) is 12.2. The van der Waals surface area contributed by atoms with Crippen LogP contribution in [0.1, 0.15) is 15.9 Å². The molecule has 0 aliphatic rings. The van der Waals surface area contributed by atoms with E-state index in [1.807, 2.05) is 0 Å². The number of ether oxygens (including phenoxy) is 1. The van der Waals surface area contributed by atoms with Crippen LogP contribution in [-0.4, -0.2) is 22.4 Å². The van der Waals surface area contributed by atoms with E-state index >= 15 is 0 Å². The molecule has 6 heteroatoms. The van der Waals surface area contributed by atoms with Gasteiger partial charge in [-0.3, -0.25) is 14.9 Å². The Labute approximate surface area is 120 Å². The second kappa shape index (κ2) is 6.62. The molecule has 0 aliphatic heterocycles. The summed E-state index contributed by atoms with van der Waals surface area (Å²) in [6.45, 7) is -0.341. The molecule has 108 valence electrons. The molecule has 0 spiro atoms. The van der Waals surface area contributed by atoms with Crippen molar-refractivity contribution in [3.05, 3.63) is 69.8 Å². The van der Waals surface area contributed by atoms with Gasteiger partial charge >= 0.3 is 0 Å². The Bertz CT molecular complexity index is 669. The maximum Gasteiger partial charge on any atom is 0.270 e. The number of aliphatic hydroxyl groups excluding tert-OH is 1. The summed E-state index contributed by atoms with van der Waals surface area (Å²) in [6.07, 6.45) is 0. The van der Waals surface area contributed by atoms with Crippen LogP contribution >= 0.6 is 0 Å². The van der Waals surface area contributed by atoms with Crippen LogP contribution in [0.3, 0.4) is 0 Å². The van der Waals surface area contributed by atoms with E-state index in [0.717, 1.165) is 0 Å². The molecule has 1 N–H and O–H groups in total. The van der Waals surface area contributed by atoms with Crippen LogP contribution in [0.2, 0.25) is 0 Å². The molecule has 0 amide bonds. The van der Waals surface area contributed by atoms with E-state index in [9.17, 15) is 14.9 Å². The van der Waals surface area contributed by atoms with E-state index in [2.05, 4.69) is 0 Å². The van der Waals surface area contributed by atoms with Gasteiger partial charge in [-0.25, -0.2) is 0 Å². The molecule has 2 aromatic rings. The Morgan fingerprint density at radius 2 is 1.95 bits per heavy atom. The summed E-state index contributed by atoms with van der Waals surface area (Å²) in [7, 11) is 0. The van der Waals surface area contributed by atoms with Gasteiger partial charge < -0.3 is 9.84 Å². The SMILES string of the molecule is O=C(COc1cccc(CO)c1)c1cccc([N+](=O)[O-])c1. The van der Waals surface area contributed by atoms with Crippen molar-refractivity contribution in [1.29, 1.82) is 0 Å². The highest BCUT2D eigenvalue weighted by Gasteiger charge is 2.12. The number of carbonyl (C=O) groups is 1. The standard InChI is InChI=1S/C15H13NO5/c17-9-11-3-1-6-14(7-11)21-10-15(18)12-4-2-5-13(8-12)16(19)20/h1-8,17H,9-10H2. The molecule has 0 atom stereocenters. The van der Waals surface area contributed by atoms with Gasteiger partial charge in [0.25, 0.3) is 5.69 Å². The summed E-state index contributed by atoms with van der Waals surface area (Å²) in [4.78, 5) is 22.1. The third kappa shape index (κ3) is 3.87. The molecule has 0 bridgehead atoms.